The van der Waals surface area contributed by atoms with Gasteiger partial charge in [-0.1, -0.05) is 18.6 Å². The van der Waals surface area contributed by atoms with Crippen molar-refractivity contribution in [2.75, 3.05) is 6.26 Å². The molecular weight excluding hydrogens is 323 g/mol. The van der Waals surface area contributed by atoms with E-state index in [2.05, 4.69) is 28.7 Å². The highest BCUT2D eigenvalue weighted by Crippen LogP contribution is 2.39. The molecule has 0 radical (unpaired) electrons. The minimum Gasteiger partial charge on any atom is -0.224 e. The predicted molar refractivity (Wildman–Crippen MR) is 68.9 cm³/mol. The molecule has 1 aromatic rings. The fourth-order valence-electron chi connectivity index (χ4n) is 1.85. The molecule has 0 bridgehead atoms. The van der Waals surface area contributed by atoms with Gasteiger partial charge in [-0.25, -0.2) is 8.42 Å². The van der Waals surface area contributed by atoms with E-state index in [4.69, 9.17) is 0 Å². The Hall–Kier alpha value is -0.100. The third-order valence-corrected chi connectivity index (χ3v) is 5.65. The zero-order chi connectivity index (χ0) is 11.1. The van der Waals surface area contributed by atoms with Gasteiger partial charge >= 0.3 is 0 Å². The minimum atomic E-state index is -3.08. The zero-order valence-corrected chi connectivity index (χ0v) is 11.5. The van der Waals surface area contributed by atoms with Crippen LogP contribution in [0.25, 0.3) is 0 Å². The maximum absolute atomic E-state index is 11.5. The van der Waals surface area contributed by atoms with Gasteiger partial charge in [0, 0.05) is 9.83 Å². The number of rotatable bonds is 2. The number of hydrogen-bond acceptors (Lipinski definition) is 2. The van der Waals surface area contributed by atoms with Crippen molar-refractivity contribution in [3.8, 4) is 0 Å². The molecule has 0 spiro atoms. The maximum atomic E-state index is 11.5. The highest BCUT2D eigenvalue weighted by Gasteiger charge is 2.24. The minimum absolute atomic E-state index is 0.479. The summed E-state index contributed by atoms with van der Waals surface area (Å²) in [4.78, 5) is 0.479. The van der Waals surface area contributed by atoms with Crippen LogP contribution in [0.5, 0.6) is 0 Å². The first-order valence-corrected chi connectivity index (χ1v) is 7.95. The van der Waals surface area contributed by atoms with Crippen LogP contribution in [0, 0.1) is 3.57 Å². The predicted octanol–water partition coefficient (Wildman–Crippen LogP) is 2.96. The van der Waals surface area contributed by atoms with E-state index in [1.165, 1.54) is 31.1 Å². The van der Waals surface area contributed by atoms with Gasteiger partial charge in [-0.05, 0) is 53.0 Å². The Kier molecular flexibility index (Phi) is 3.07. The average Bonchev–Trinajstić information content (AvgIpc) is 2.03. The molecule has 4 heteroatoms. The molecule has 82 valence electrons. The fourth-order valence-corrected chi connectivity index (χ4v) is 4.62. The molecule has 1 saturated carbocycles. The van der Waals surface area contributed by atoms with Crippen molar-refractivity contribution >= 4 is 32.4 Å². The van der Waals surface area contributed by atoms with Crippen LogP contribution in [-0.2, 0) is 9.84 Å². The molecule has 0 aliphatic heterocycles. The molecular formula is C11H13IO2S. The van der Waals surface area contributed by atoms with E-state index in [1.807, 2.05) is 6.07 Å². The van der Waals surface area contributed by atoms with E-state index >= 15 is 0 Å². The molecule has 2 nitrogen and oxygen atoms in total. The molecule has 0 amide bonds. The molecule has 0 saturated heterocycles. The summed E-state index contributed by atoms with van der Waals surface area (Å²) in [6.45, 7) is 0. The molecule has 2 rings (SSSR count). The summed E-state index contributed by atoms with van der Waals surface area (Å²) in [5.41, 5.74) is 1.21. The Morgan fingerprint density at radius 2 is 2.00 bits per heavy atom. The molecule has 0 atom stereocenters. The molecule has 0 heterocycles. The van der Waals surface area contributed by atoms with Gasteiger partial charge in [0.2, 0.25) is 0 Å². The largest absolute Gasteiger partial charge is 0.224 e. The Morgan fingerprint density at radius 3 is 2.47 bits per heavy atom. The van der Waals surface area contributed by atoms with E-state index in [9.17, 15) is 8.42 Å². The summed E-state index contributed by atoms with van der Waals surface area (Å²) in [7, 11) is -3.08. The number of hydrogen-bond donors (Lipinski definition) is 0. The van der Waals surface area contributed by atoms with Gasteiger partial charge in [0.25, 0.3) is 0 Å². The standard InChI is InChI=1S/C11H13IO2S/c1-15(13,14)10-7-3-6-9(11(10)12)8-4-2-5-8/h3,6-8H,2,4-5H2,1H3. The van der Waals surface area contributed by atoms with Crippen molar-refractivity contribution in [3.05, 3.63) is 27.3 Å². The van der Waals surface area contributed by atoms with Crippen LogP contribution in [-0.4, -0.2) is 14.7 Å². The van der Waals surface area contributed by atoms with Crippen molar-refractivity contribution in [3.63, 3.8) is 0 Å². The summed E-state index contributed by atoms with van der Waals surface area (Å²) in [6.07, 6.45) is 4.94. The van der Waals surface area contributed by atoms with Crippen LogP contribution in [0.3, 0.4) is 0 Å². The van der Waals surface area contributed by atoms with Crippen LogP contribution < -0.4 is 0 Å². The molecule has 1 aliphatic rings. The lowest BCUT2D eigenvalue weighted by Crippen LogP contribution is -2.12. The lowest BCUT2D eigenvalue weighted by molar-refractivity contribution is 0.417. The van der Waals surface area contributed by atoms with Crippen LogP contribution in [0.15, 0.2) is 23.1 Å². The van der Waals surface area contributed by atoms with Gasteiger partial charge < -0.3 is 0 Å². The molecule has 0 aromatic heterocycles. The third-order valence-electron chi connectivity index (χ3n) is 2.94. The SMILES string of the molecule is CS(=O)(=O)c1cccc(C2CCC2)c1I. The highest BCUT2D eigenvalue weighted by atomic mass is 127. The van der Waals surface area contributed by atoms with Crippen molar-refractivity contribution in [1.29, 1.82) is 0 Å². The van der Waals surface area contributed by atoms with E-state index in [0.29, 0.717) is 10.8 Å². The van der Waals surface area contributed by atoms with Gasteiger partial charge in [-0.2, -0.15) is 0 Å². The second kappa shape index (κ2) is 4.05. The average molecular weight is 336 g/mol. The van der Waals surface area contributed by atoms with Crippen LogP contribution in [0.1, 0.15) is 30.7 Å². The van der Waals surface area contributed by atoms with Crippen LogP contribution in [0.2, 0.25) is 0 Å². The Labute approximate surface area is 104 Å². The fraction of sp³-hybridized carbons (Fsp3) is 0.455. The third kappa shape index (κ3) is 2.20. The summed E-state index contributed by atoms with van der Waals surface area (Å²) in [6, 6.07) is 5.60. The van der Waals surface area contributed by atoms with Crippen molar-refractivity contribution in [2.45, 2.75) is 30.1 Å². The maximum Gasteiger partial charge on any atom is 0.176 e. The second-order valence-electron chi connectivity index (χ2n) is 4.06. The summed E-state index contributed by atoms with van der Waals surface area (Å²) < 4.78 is 24.0. The highest BCUT2D eigenvalue weighted by molar-refractivity contribution is 14.1. The Morgan fingerprint density at radius 1 is 1.33 bits per heavy atom. The smallest absolute Gasteiger partial charge is 0.176 e. The quantitative estimate of drug-likeness (QED) is 0.778. The second-order valence-corrected chi connectivity index (χ2v) is 7.12. The van der Waals surface area contributed by atoms with Gasteiger partial charge in [0.1, 0.15) is 0 Å². The Balaban J connectivity index is 2.50. The first kappa shape index (κ1) is 11.4. The van der Waals surface area contributed by atoms with Crippen molar-refractivity contribution in [1.82, 2.24) is 0 Å². The lowest BCUT2D eigenvalue weighted by Gasteiger charge is -2.27. The molecule has 1 aromatic carbocycles. The summed E-state index contributed by atoms with van der Waals surface area (Å²) in [5.74, 6) is 0.582. The topological polar surface area (TPSA) is 34.1 Å². The lowest BCUT2D eigenvalue weighted by atomic mass is 9.80. The van der Waals surface area contributed by atoms with Gasteiger partial charge in [0.15, 0.2) is 9.84 Å². The van der Waals surface area contributed by atoms with Crippen LogP contribution >= 0.6 is 22.6 Å². The first-order chi connectivity index (χ1) is 7.00. The molecule has 0 N–H and O–H groups in total. The van der Waals surface area contributed by atoms with Crippen LogP contribution in [0.4, 0.5) is 0 Å². The Bertz CT molecular complexity index is 475. The molecule has 1 aliphatic carbocycles. The van der Waals surface area contributed by atoms with E-state index in [1.54, 1.807) is 6.07 Å². The molecule has 15 heavy (non-hydrogen) atoms. The van der Waals surface area contributed by atoms with Gasteiger partial charge in [-0.3, -0.25) is 0 Å². The molecule has 1 fully saturated rings. The van der Waals surface area contributed by atoms with E-state index in [-0.39, 0.29) is 0 Å². The summed E-state index contributed by atoms with van der Waals surface area (Å²) >= 11 is 2.16. The number of benzene rings is 1. The van der Waals surface area contributed by atoms with E-state index < -0.39 is 9.84 Å². The van der Waals surface area contributed by atoms with Crippen molar-refractivity contribution < 1.29 is 8.42 Å². The summed E-state index contributed by atoms with van der Waals surface area (Å²) in [5, 5.41) is 0. The zero-order valence-electron chi connectivity index (χ0n) is 8.53. The normalized spacial score (nSPS) is 17.5. The van der Waals surface area contributed by atoms with Crippen molar-refractivity contribution in [2.24, 2.45) is 0 Å². The van der Waals surface area contributed by atoms with E-state index in [0.717, 1.165) is 3.57 Å². The number of halogens is 1. The van der Waals surface area contributed by atoms with Gasteiger partial charge in [0.05, 0.1) is 4.90 Å². The first-order valence-electron chi connectivity index (χ1n) is 4.98. The monoisotopic (exact) mass is 336 g/mol. The van der Waals surface area contributed by atoms with Gasteiger partial charge in [-0.15, -0.1) is 0 Å². The number of sulfone groups is 1. The molecule has 0 unspecified atom stereocenters.